The molecule has 0 radical (unpaired) electrons. The summed E-state index contributed by atoms with van der Waals surface area (Å²) in [5, 5.41) is 0. The maximum absolute atomic E-state index is 4.11. The Morgan fingerprint density at radius 3 is 2.67 bits per heavy atom. The topological polar surface area (TPSA) is 0 Å². The first-order chi connectivity index (χ1) is 4.36. The molecule has 0 aliphatic heterocycles. The summed E-state index contributed by atoms with van der Waals surface area (Å²) in [6.45, 7) is 4.11. The van der Waals surface area contributed by atoms with Gasteiger partial charge in [-0.25, -0.2) is 0 Å². The van der Waals surface area contributed by atoms with Gasteiger partial charge in [-0.05, 0) is 42.9 Å². The molecule has 3 aliphatic rings. The number of hydrogen-bond acceptors (Lipinski definition) is 0. The predicted molar refractivity (Wildman–Crippen MR) is 37.0 cm³/mol. The van der Waals surface area contributed by atoms with Crippen LogP contribution in [0.1, 0.15) is 19.3 Å². The van der Waals surface area contributed by atoms with Crippen molar-refractivity contribution in [3.8, 4) is 0 Å². The molecule has 0 heterocycles. The summed E-state index contributed by atoms with van der Waals surface area (Å²) in [5.41, 5.74) is 1.58. The van der Waals surface area contributed by atoms with E-state index in [2.05, 4.69) is 6.58 Å². The van der Waals surface area contributed by atoms with Gasteiger partial charge >= 0.3 is 0 Å². The van der Waals surface area contributed by atoms with Gasteiger partial charge in [0.2, 0.25) is 0 Å². The molecule has 9 heavy (non-hydrogen) atoms. The third kappa shape index (κ3) is 0.385. The normalized spacial score (nSPS) is 60.2. The third-order valence-electron chi connectivity index (χ3n) is 3.62. The van der Waals surface area contributed by atoms with Gasteiger partial charge in [-0.1, -0.05) is 12.2 Å². The summed E-state index contributed by atoms with van der Waals surface area (Å²) in [6.07, 6.45) is 4.44. The van der Waals surface area contributed by atoms with Crippen molar-refractivity contribution < 1.29 is 0 Å². The van der Waals surface area contributed by atoms with Crippen molar-refractivity contribution in [3.05, 3.63) is 12.2 Å². The lowest BCUT2D eigenvalue weighted by atomic mass is 9.96. The van der Waals surface area contributed by atoms with Gasteiger partial charge in [0.05, 0.1) is 0 Å². The molecular formula is C9H12. The highest BCUT2D eigenvalue weighted by molar-refractivity contribution is 5.23. The SMILES string of the molecule is C=C1CC2CC1C1CC21. The Balaban J connectivity index is 2.04. The lowest BCUT2D eigenvalue weighted by Crippen LogP contribution is -1.99. The fourth-order valence-electron chi connectivity index (χ4n) is 3.11. The molecule has 4 atom stereocenters. The highest BCUT2D eigenvalue weighted by Gasteiger charge is 2.58. The molecule has 3 rings (SSSR count). The van der Waals surface area contributed by atoms with Crippen molar-refractivity contribution >= 4 is 0 Å². The van der Waals surface area contributed by atoms with Crippen molar-refractivity contribution in [2.75, 3.05) is 0 Å². The Morgan fingerprint density at radius 2 is 2.11 bits per heavy atom. The molecule has 0 aromatic carbocycles. The molecular weight excluding hydrogens is 108 g/mol. The Hall–Kier alpha value is -0.260. The second-order valence-electron chi connectivity index (χ2n) is 4.03. The number of rotatable bonds is 0. The maximum atomic E-state index is 4.11. The predicted octanol–water partition coefficient (Wildman–Crippen LogP) is 2.22. The molecule has 2 bridgehead atoms. The average molecular weight is 120 g/mol. The van der Waals surface area contributed by atoms with Crippen LogP contribution in [-0.4, -0.2) is 0 Å². The van der Waals surface area contributed by atoms with E-state index in [1.165, 1.54) is 18.8 Å². The van der Waals surface area contributed by atoms with E-state index in [1.54, 1.807) is 12.0 Å². The molecule has 0 N–H and O–H groups in total. The molecule has 3 aliphatic carbocycles. The molecule has 4 unspecified atom stereocenters. The zero-order chi connectivity index (χ0) is 6.01. The third-order valence-corrected chi connectivity index (χ3v) is 3.62. The van der Waals surface area contributed by atoms with Crippen molar-refractivity contribution in [2.24, 2.45) is 23.7 Å². The quantitative estimate of drug-likeness (QED) is 0.430. The maximum Gasteiger partial charge on any atom is -0.0172 e. The fourth-order valence-corrected chi connectivity index (χ4v) is 3.11. The molecule has 3 saturated carbocycles. The highest BCUT2D eigenvalue weighted by Crippen LogP contribution is 2.66. The molecule has 0 nitrogen and oxygen atoms in total. The molecule has 0 aromatic heterocycles. The van der Waals surface area contributed by atoms with Crippen LogP contribution < -0.4 is 0 Å². The zero-order valence-corrected chi connectivity index (χ0v) is 5.64. The van der Waals surface area contributed by atoms with Gasteiger partial charge in [0.15, 0.2) is 0 Å². The second-order valence-corrected chi connectivity index (χ2v) is 4.03. The Morgan fingerprint density at radius 1 is 1.22 bits per heavy atom. The van der Waals surface area contributed by atoms with Crippen molar-refractivity contribution in [3.63, 3.8) is 0 Å². The summed E-state index contributed by atoms with van der Waals surface area (Å²) in [7, 11) is 0. The minimum Gasteiger partial charge on any atom is -0.0996 e. The van der Waals surface area contributed by atoms with Gasteiger partial charge in [0.1, 0.15) is 0 Å². The van der Waals surface area contributed by atoms with Crippen LogP contribution >= 0.6 is 0 Å². The van der Waals surface area contributed by atoms with Crippen LogP contribution in [0, 0.1) is 23.7 Å². The summed E-state index contributed by atoms with van der Waals surface area (Å²) >= 11 is 0. The minimum atomic E-state index is 0.986. The molecule has 0 amide bonds. The smallest absolute Gasteiger partial charge is 0.0172 e. The van der Waals surface area contributed by atoms with Gasteiger partial charge in [-0.15, -0.1) is 0 Å². The zero-order valence-electron chi connectivity index (χ0n) is 5.64. The first-order valence-corrected chi connectivity index (χ1v) is 4.04. The van der Waals surface area contributed by atoms with Gasteiger partial charge in [0.25, 0.3) is 0 Å². The summed E-state index contributed by atoms with van der Waals surface area (Å²) in [6, 6.07) is 0. The van der Waals surface area contributed by atoms with Crippen LogP contribution in [-0.2, 0) is 0 Å². The largest absolute Gasteiger partial charge is 0.0996 e. The van der Waals surface area contributed by atoms with Crippen LogP contribution in [0.15, 0.2) is 12.2 Å². The lowest BCUT2D eigenvalue weighted by Gasteiger charge is -2.09. The Bertz CT molecular complexity index is 180. The fraction of sp³-hybridized carbons (Fsp3) is 0.778. The van der Waals surface area contributed by atoms with E-state index in [4.69, 9.17) is 0 Å². The monoisotopic (exact) mass is 120 g/mol. The lowest BCUT2D eigenvalue weighted by molar-refractivity contribution is 0.515. The van der Waals surface area contributed by atoms with E-state index < -0.39 is 0 Å². The van der Waals surface area contributed by atoms with Gasteiger partial charge in [0, 0.05) is 0 Å². The summed E-state index contributed by atoms with van der Waals surface area (Å²) in [5.74, 6) is 4.37. The van der Waals surface area contributed by atoms with Crippen molar-refractivity contribution in [2.45, 2.75) is 19.3 Å². The van der Waals surface area contributed by atoms with E-state index >= 15 is 0 Å². The standard InChI is InChI=1S/C9H12/c1-5-2-6-3-7(5)9-4-8(6)9/h6-9H,1-4H2. The van der Waals surface area contributed by atoms with Crippen LogP contribution in [0.25, 0.3) is 0 Å². The average Bonchev–Trinajstić information content (AvgIpc) is 2.46. The van der Waals surface area contributed by atoms with Crippen molar-refractivity contribution in [1.29, 1.82) is 0 Å². The van der Waals surface area contributed by atoms with Crippen LogP contribution in [0.3, 0.4) is 0 Å². The molecule has 3 fully saturated rings. The highest BCUT2D eigenvalue weighted by atomic mass is 14.6. The summed E-state index contributed by atoms with van der Waals surface area (Å²) < 4.78 is 0. The van der Waals surface area contributed by atoms with E-state index in [-0.39, 0.29) is 0 Å². The van der Waals surface area contributed by atoms with E-state index in [9.17, 15) is 0 Å². The molecule has 48 valence electrons. The minimum absolute atomic E-state index is 0.986. The van der Waals surface area contributed by atoms with Crippen LogP contribution in [0.2, 0.25) is 0 Å². The first kappa shape index (κ1) is 4.54. The van der Waals surface area contributed by atoms with E-state index in [1.807, 2.05) is 0 Å². The van der Waals surface area contributed by atoms with Gasteiger partial charge in [-0.2, -0.15) is 0 Å². The van der Waals surface area contributed by atoms with E-state index in [0.717, 1.165) is 17.8 Å². The van der Waals surface area contributed by atoms with Crippen molar-refractivity contribution in [1.82, 2.24) is 0 Å². The second kappa shape index (κ2) is 1.12. The first-order valence-electron chi connectivity index (χ1n) is 4.04. The van der Waals surface area contributed by atoms with Gasteiger partial charge in [-0.3, -0.25) is 0 Å². The number of hydrogen-bond donors (Lipinski definition) is 0. The Kier molecular flexibility index (Phi) is 0.564. The van der Waals surface area contributed by atoms with Crippen LogP contribution in [0.4, 0.5) is 0 Å². The molecule has 0 spiro atoms. The number of fused-ring (bicyclic) bond motifs is 5. The van der Waals surface area contributed by atoms with E-state index in [0.29, 0.717) is 0 Å². The summed E-state index contributed by atoms with van der Waals surface area (Å²) in [4.78, 5) is 0. The molecule has 0 heteroatoms. The van der Waals surface area contributed by atoms with Gasteiger partial charge < -0.3 is 0 Å². The Labute approximate surface area is 56.0 Å². The van der Waals surface area contributed by atoms with Crippen LogP contribution in [0.5, 0.6) is 0 Å². The number of allylic oxidation sites excluding steroid dienone is 1. The molecule has 0 aromatic rings. The molecule has 0 saturated heterocycles.